The molecule has 1 N–H and O–H groups in total. The van der Waals surface area contributed by atoms with E-state index in [4.69, 9.17) is 0 Å². The Bertz CT molecular complexity index is 675. The van der Waals surface area contributed by atoms with Crippen LogP contribution in [0.3, 0.4) is 0 Å². The summed E-state index contributed by atoms with van der Waals surface area (Å²) < 4.78 is 26.9. The first-order valence-electron chi connectivity index (χ1n) is 6.14. The molecule has 1 aliphatic carbocycles. The fraction of sp³-hybridized carbons (Fsp3) is 0.286. The lowest BCUT2D eigenvalue weighted by molar-refractivity contribution is 0.577. The van der Waals surface area contributed by atoms with E-state index in [0.29, 0.717) is 17.4 Å². The second kappa shape index (κ2) is 4.37. The van der Waals surface area contributed by atoms with E-state index in [1.54, 1.807) is 12.1 Å². The molecule has 0 aliphatic heterocycles. The Balaban J connectivity index is 1.92. The van der Waals surface area contributed by atoms with Crippen LogP contribution in [0.4, 0.5) is 0 Å². The van der Waals surface area contributed by atoms with Crippen LogP contribution in [0.5, 0.6) is 0 Å². The highest BCUT2D eigenvalue weighted by molar-refractivity contribution is 7.89. The lowest BCUT2D eigenvalue weighted by Gasteiger charge is -2.07. The molecule has 18 heavy (non-hydrogen) atoms. The minimum absolute atomic E-state index is 0.349. The van der Waals surface area contributed by atoms with Crippen molar-refractivity contribution in [1.29, 1.82) is 0 Å². The van der Waals surface area contributed by atoms with E-state index in [0.717, 1.165) is 23.6 Å². The molecule has 3 rings (SSSR count). The summed E-state index contributed by atoms with van der Waals surface area (Å²) in [6.45, 7) is 0.565. The molecule has 0 radical (unpaired) electrons. The number of nitrogens with one attached hydrogen (secondary N) is 1. The molecule has 0 spiro atoms. The topological polar surface area (TPSA) is 46.2 Å². The van der Waals surface area contributed by atoms with Gasteiger partial charge < -0.3 is 0 Å². The summed E-state index contributed by atoms with van der Waals surface area (Å²) in [7, 11) is -3.36. The van der Waals surface area contributed by atoms with E-state index in [-0.39, 0.29) is 0 Å². The molecule has 4 heteroatoms. The predicted octanol–water partition coefficient (Wildman–Crippen LogP) is 2.53. The van der Waals surface area contributed by atoms with E-state index in [9.17, 15) is 8.42 Å². The number of fused-ring (bicyclic) bond motifs is 1. The zero-order valence-corrected chi connectivity index (χ0v) is 10.8. The summed E-state index contributed by atoms with van der Waals surface area (Å²) in [5.74, 6) is 0.542. The Kier molecular flexibility index (Phi) is 2.84. The average molecular weight is 261 g/mol. The highest BCUT2D eigenvalue weighted by atomic mass is 32.2. The largest absolute Gasteiger partial charge is 0.240 e. The summed E-state index contributed by atoms with van der Waals surface area (Å²) in [4.78, 5) is 0.349. The van der Waals surface area contributed by atoms with E-state index < -0.39 is 10.0 Å². The molecule has 1 saturated carbocycles. The Morgan fingerprint density at radius 2 is 1.78 bits per heavy atom. The second-order valence-electron chi connectivity index (χ2n) is 4.80. The van der Waals surface area contributed by atoms with Gasteiger partial charge in [0.1, 0.15) is 0 Å². The van der Waals surface area contributed by atoms with E-state index in [1.807, 2.05) is 30.3 Å². The Hall–Kier alpha value is -1.39. The maximum absolute atomic E-state index is 12.1. The monoisotopic (exact) mass is 261 g/mol. The SMILES string of the molecule is O=S(=O)(NCC1CC1)c1ccc2ccccc2c1. The molecule has 1 fully saturated rings. The lowest BCUT2D eigenvalue weighted by atomic mass is 10.1. The fourth-order valence-electron chi connectivity index (χ4n) is 1.97. The van der Waals surface area contributed by atoms with Gasteiger partial charge in [-0.1, -0.05) is 30.3 Å². The lowest BCUT2D eigenvalue weighted by Crippen LogP contribution is -2.25. The van der Waals surface area contributed by atoms with Gasteiger partial charge >= 0.3 is 0 Å². The molecule has 0 atom stereocenters. The zero-order valence-electron chi connectivity index (χ0n) is 9.96. The molecule has 0 amide bonds. The standard InChI is InChI=1S/C14H15NO2S/c16-18(17,15-10-11-5-6-11)14-8-7-12-3-1-2-4-13(12)9-14/h1-4,7-9,11,15H,5-6,10H2. The van der Waals surface area contributed by atoms with Crippen molar-refractivity contribution in [3.05, 3.63) is 42.5 Å². The number of rotatable bonds is 4. The van der Waals surface area contributed by atoms with Crippen LogP contribution in [0.25, 0.3) is 10.8 Å². The third-order valence-electron chi connectivity index (χ3n) is 3.29. The van der Waals surface area contributed by atoms with Crippen molar-refractivity contribution in [1.82, 2.24) is 4.72 Å². The van der Waals surface area contributed by atoms with Crippen LogP contribution >= 0.6 is 0 Å². The van der Waals surface area contributed by atoms with Crippen LogP contribution in [0.15, 0.2) is 47.4 Å². The highest BCUT2D eigenvalue weighted by Crippen LogP contribution is 2.28. The number of sulfonamides is 1. The first kappa shape index (κ1) is 11.7. The zero-order chi connectivity index (χ0) is 12.6. The molecule has 3 nitrogen and oxygen atoms in total. The Morgan fingerprint density at radius 3 is 2.50 bits per heavy atom. The molecule has 0 unspecified atom stereocenters. The van der Waals surface area contributed by atoms with Crippen molar-refractivity contribution in [3.8, 4) is 0 Å². The van der Waals surface area contributed by atoms with Crippen LogP contribution < -0.4 is 4.72 Å². The minimum Gasteiger partial charge on any atom is -0.211 e. The van der Waals surface area contributed by atoms with Gasteiger partial charge in [-0.25, -0.2) is 13.1 Å². The molecular formula is C14H15NO2S. The number of hydrogen-bond acceptors (Lipinski definition) is 2. The maximum Gasteiger partial charge on any atom is 0.240 e. The van der Waals surface area contributed by atoms with Gasteiger partial charge in [-0.3, -0.25) is 0 Å². The van der Waals surface area contributed by atoms with Crippen molar-refractivity contribution in [2.45, 2.75) is 17.7 Å². The maximum atomic E-state index is 12.1. The van der Waals surface area contributed by atoms with Gasteiger partial charge in [0.25, 0.3) is 0 Å². The van der Waals surface area contributed by atoms with E-state index >= 15 is 0 Å². The molecule has 0 bridgehead atoms. The van der Waals surface area contributed by atoms with Crippen LogP contribution in [-0.2, 0) is 10.0 Å². The van der Waals surface area contributed by atoms with Gasteiger partial charge in [0, 0.05) is 6.54 Å². The van der Waals surface area contributed by atoms with Gasteiger partial charge in [0.2, 0.25) is 10.0 Å². The van der Waals surface area contributed by atoms with Crippen LogP contribution in [0.1, 0.15) is 12.8 Å². The Labute approximate surface area is 107 Å². The molecule has 1 aliphatic rings. The molecule has 94 valence electrons. The molecule has 0 saturated heterocycles. The van der Waals surface area contributed by atoms with Crippen molar-refractivity contribution in [3.63, 3.8) is 0 Å². The first-order chi connectivity index (χ1) is 8.65. The summed E-state index contributed by atoms with van der Waals surface area (Å²) in [6.07, 6.45) is 2.28. The normalized spacial score (nSPS) is 16.0. The van der Waals surface area contributed by atoms with Crippen molar-refractivity contribution >= 4 is 20.8 Å². The smallest absolute Gasteiger partial charge is 0.211 e. The second-order valence-corrected chi connectivity index (χ2v) is 6.57. The quantitative estimate of drug-likeness (QED) is 0.919. The van der Waals surface area contributed by atoms with Gasteiger partial charge in [-0.2, -0.15) is 0 Å². The van der Waals surface area contributed by atoms with Gasteiger partial charge in [-0.15, -0.1) is 0 Å². The van der Waals surface area contributed by atoms with Gasteiger partial charge in [0.15, 0.2) is 0 Å². The summed E-state index contributed by atoms with van der Waals surface area (Å²) in [5, 5.41) is 2.01. The van der Waals surface area contributed by atoms with Crippen molar-refractivity contribution < 1.29 is 8.42 Å². The Morgan fingerprint density at radius 1 is 1.06 bits per heavy atom. The molecular weight excluding hydrogens is 246 g/mol. The fourth-order valence-corrected chi connectivity index (χ4v) is 3.12. The summed E-state index contributed by atoms with van der Waals surface area (Å²) >= 11 is 0. The van der Waals surface area contributed by atoms with E-state index in [2.05, 4.69) is 4.72 Å². The molecule has 0 aromatic heterocycles. The molecule has 0 heterocycles. The molecule has 2 aromatic rings. The van der Waals surface area contributed by atoms with Gasteiger partial charge in [0.05, 0.1) is 4.90 Å². The summed E-state index contributed by atoms with van der Waals surface area (Å²) in [5.41, 5.74) is 0. The molecule has 2 aromatic carbocycles. The third-order valence-corrected chi connectivity index (χ3v) is 4.71. The predicted molar refractivity (Wildman–Crippen MR) is 71.9 cm³/mol. The number of benzene rings is 2. The first-order valence-corrected chi connectivity index (χ1v) is 7.62. The van der Waals surface area contributed by atoms with Crippen LogP contribution in [-0.4, -0.2) is 15.0 Å². The van der Waals surface area contributed by atoms with Gasteiger partial charge in [-0.05, 0) is 41.7 Å². The average Bonchev–Trinajstić information content (AvgIpc) is 3.20. The highest BCUT2D eigenvalue weighted by Gasteiger charge is 2.24. The van der Waals surface area contributed by atoms with Crippen LogP contribution in [0, 0.1) is 5.92 Å². The van der Waals surface area contributed by atoms with E-state index in [1.165, 1.54) is 0 Å². The van der Waals surface area contributed by atoms with Crippen LogP contribution in [0.2, 0.25) is 0 Å². The third kappa shape index (κ3) is 2.40. The summed E-state index contributed by atoms with van der Waals surface area (Å²) in [6, 6.07) is 13.0. The van der Waals surface area contributed by atoms with Crippen molar-refractivity contribution in [2.24, 2.45) is 5.92 Å². The number of hydrogen-bond donors (Lipinski definition) is 1. The minimum atomic E-state index is -3.36. The van der Waals surface area contributed by atoms with Crippen molar-refractivity contribution in [2.75, 3.05) is 6.54 Å².